The summed E-state index contributed by atoms with van der Waals surface area (Å²) >= 11 is 0. The number of nitrogens with two attached hydrogens (primary N) is 1. The van der Waals surface area contributed by atoms with Crippen LogP contribution in [0.25, 0.3) is 21.6 Å². The minimum Gasteiger partial charge on any atom is -0.541 e. The zero-order valence-corrected chi connectivity index (χ0v) is 20.2. The van der Waals surface area contributed by atoms with Crippen LogP contribution >= 0.6 is 0 Å². The molecule has 1 atom stereocenters. The Bertz CT molecular complexity index is 1180. The van der Waals surface area contributed by atoms with Crippen LogP contribution in [0.1, 0.15) is 18.5 Å². The van der Waals surface area contributed by atoms with Gasteiger partial charge in [0, 0.05) is 30.6 Å². The second kappa shape index (κ2) is 11.2. The standard InChI is InChI=1S/C23H27F3N5O3S/c1-28-13-17(12-27)22-11-20(35(32,33)30-18-4-3-9-31(2)14-18)10-21(29-22)16-5-7-19(8-6-16)34-15-23(24,25)26/h5-8,10-13,18H,3-4,9,14-15,27H2,1-2H3/q-1/b17-12+,28-13?. The number of rotatable bonds is 8. The molecule has 1 fully saturated rings. The maximum Gasteiger partial charge on any atom is 0.422 e. The molecule has 0 amide bonds. The molecule has 2 heterocycles. The Kier molecular flexibility index (Phi) is 8.51. The predicted octanol–water partition coefficient (Wildman–Crippen LogP) is 3.85. The van der Waals surface area contributed by atoms with Gasteiger partial charge in [-0.2, -0.15) is 13.2 Å². The molecule has 0 aliphatic carbocycles. The summed E-state index contributed by atoms with van der Waals surface area (Å²) in [5, 5.41) is 0. The largest absolute Gasteiger partial charge is 0.541 e. The molecule has 0 saturated carbocycles. The number of nitrogens with zero attached hydrogens (tertiary/aromatic N) is 4. The van der Waals surface area contributed by atoms with Crippen LogP contribution in [0.15, 0.2) is 52.5 Å². The van der Waals surface area contributed by atoms with Crippen molar-refractivity contribution < 1.29 is 26.3 Å². The number of aliphatic imine (C=N–C) groups is 1. The molecule has 0 radical (unpaired) electrons. The molecule has 3 rings (SSSR count). The Balaban J connectivity index is 1.98. The van der Waals surface area contributed by atoms with E-state index in [2.05, 4.69) is 14.7 Å². The topological polar surface area (TPSA) is 112 Å². The van der Waals surface area contributed by atoms with Crippen LogP contribution in [0.2, 0.25) is 0 Å². The number of halogens is 3. The Morgan fingerprint density at radius 1 is 1.31 bits per heavy atom. The van der Waals surface area contributed by atoms with Gasteiger partial charge < -0.3 is 20.1 Å². The zero-order valence-electron chi connectivity index (χ0n) is 19.4. The molecule has 190 valence electrons. The Labute approximate surface area is 202 Å². The average Bonchev–Trinajstić information content (AvgIpc) is 2.80. The fourth-order valence-electron chi connectivity index (χ4n) is 3.65. The number of aromatic nitrogens is 1. The van der Waals surface area contributed by atoms with Crippen molar-refractivity contribution in [3.63, 3.8) is 0 Å². The number of pyridine rings is 1. The molecule has 2 N–H and O–H groups in total. The Morgan fingerprint density at radius 3 is 2.63 bits per heavy atom. The smallest absolute Gasteiger partial charge is 0.422 e. The van der Waals surface area contributed by atoms with E-state index in [1.165, 1.54) is 48.8 Å². The monoisotopic (exact) mass is 510 g/mol. The summed E-state index contributed by atoms with van der Waals surface area (Å²) in [6, 6.07) is 8.14. The van der Waals surface area contributed by atoms with Gasteiger partial charge in [0.05, 0.1) is 16.3 Å². The number of benzene rings is 1. The highest BCUT2D eigenvalue weighted by Gasteiger charge is 2.28. The van der Waals surface area contributed by atoms with Gasteiger partial charge in [0.25, 0.3) is 0 Å². The van der Waals surface area contributed by atoms with E-state index in [9.17, 15) is 21.6 Å². The molecule has 35 heavy (non-hydrogen) atoms. The Hall–Kier alpha value is -2.96. The molecule has 1 aliphatic heterocycles. The SMILES string of the molecule is CN=C/C(=C\N)c1cc(S(=O)(=O)[N-]C2CCCN(C)C2)cc(-c2ccc(OCC(F)(F)F)cc2)n1. The van der Waals surface area contributed by atoms with Crippen molar-refractivity contribution in [2.24, 2.45) is 10.7 Å². The van der Waals surface area contributed by atoms with Crippen LogP contribution < -0.4 is 10.5 Å². The molecule has 2 aromatic rings. The first-order valence-corrected chi connectivity index (χ1v) is 12.3. The van der Waals surface area contributed by atoms with Crippen LogP contribution in [0.4, 0.5) is 13.2 Å². The summed E-state index contributed by atoms with van der Waals surface area (Å²) in [4.78, 5) is 10.4. The van der Waals surface area contributed by atoms with E-state index in [-0.39, 0.29) is 28.1 Å². The van der Waals surface area contributed by atoms with Crippen LogP contribution in [0, 0.1) is 0 Å². The number of sulfonamides is 1. The van der Waals surface area contributed by atoms with Crippen LogP contribution in [-0.2, 0) is 10.0 Å². The predicted molar refractivity (Wildman–Crippen MR) is 129 cm³/mol. The second-order valence-corrected chi connectivity index (χ2v) is 9.78. The number of likely N-dealkylation sites (tertiary alicyclic amines) is 1. The first-order valence-electron chi connectivity index (χ1n) is 10.8. The van der Waals surface area contributed by atoms with E-state index in [1.54, 1.807) is 7.05 Å². The molecule has 0 spiro atoms. The normalized spacial score (nSPS) is 18.2. The van der Waals surface area contributed by atoms with Crippen molar-refractivity contribution in [3.8, 4) is 17.0 Å². The van der Waals surface area contributed by atoms with Crippen molar-refractivity contribution >= 4 is 21.8 Å². The lowest BCUT2D eigenvalue weighted by atomic mass is 10.1. The van der Waals surface area contributed by atoms with Crippen molar-refractivity contribution in [1.29, 1.82) is 0 Å². The maximum atomic E-state index is 13.2. The number of allylic oxidation sites excluding steroid dienone is 1. The molecule has 1 saturated heterocycles. The summed E-state index contributed by atoms with van der Waals surface area (Å²) in [6.45, 7) is 0.0144. The van der Waals surface area contributed by atoms with Crippen LogP contribution in [0.5, 0.6) is 5.75 Å². The summed E-state index contributed by atoms with van der Waals surface area (Å²) in [6.07, 6.45) is -0.228. The number of alkyl halides is 3. The molecule has 0 bridgehead atoms. The molecule has 12 heteroatoms. The number of piperidine rings is 1. The lowest BCUT2D eigenvalue weighted by Crippen LogP contribution is -2.35. The molecule has 8 nitrogen and oxygen atoms in total. The molecular formula is C23H27F3N5O3S-. The third kappa shape index (κ3) is 7.51. The van der Waals surface area contributed by atoms with Gasteiger partial charge in [0.15, 0.2) is 6.61 Å². The third-order valence-corrected chi connectivity index (χ3v) is 6.69. The van der Waals surface area contributed by atoms with Gasteiger partial charge in [-0.25, -0.2) is 13.4 Å². The van der Waals surface area contributed by atoms with Gasteiger partial charge in [-0.15, -0.1) is 6.04 Å². The van der Waals surface area contributed by atoms with E-state index in [4.69, 9.17) is 10.5 Å². The van der Waals surface area contributed by atoms with E-state index < -0.39 is 22.8 Å². The highest BCUT2D eigenvalue weighted by Crippen LogP contribution is 2.30. The lowest BCUT2D eigenvalue weighted by Gasteiger charge is -2.38. The van der Waals surface area contributed by atoms with Gasteiger partial charge in [-0.1, -0.05) is 6.42 Å². The first-order chi connectivity index (χ1) is 16.5. The molecular weight excluding hydrogens is 483 g/mol. The molecule has 1 aliphatic rings. The van der Waals surface area contributed by atoms with E-state index >= 15 is 0 Å². The minimum absolute atomic E-state index is 0.0205. The van der Waals surface area contributed by atoms with Crippen molar-refractivity contribution in [3.05, 3.63) is 53.0 Å². The third-order valence-electron chi connectivity index (χ3n) is 5.28. The quantitative estimate of drug-likeness (QED) is 0.540. The van der Waals surface area contributed by atoms with E-state index in [1.807, 2.05) is 11.9 Å². The van der Waals surface area contributed by atoms with E-state index in [0.717, 1.165) is 13.0 Å². The molecule has 1 aromatic carbocycles. The van der Waals surface area contributed by atoms with Gasteiger partial charge in [0.2, 0.25) is 0 Å². The van der Waals surface area contributed by atoms with Crippen molar-refractivity contribution in [1.82, 2.24) is 9.88 Å². The van der Waals surface area contributed by atoms with Gasteiger partial charge >= 0.3 is 6.18 Å². The summed E-state index contributed by atoms with van der Waals surface area (Å²) in [7, 11) is -0.571. The summed E-state index contributed by atoms with van der Waals surface area (Å²) in [5.41, 5.74) is 7.13. The van der Waals surface area contributed by atoms with Crippen molar-refractivity contribution in [2.75, 3.05) is 33.8 Å². The number of ether oxygens (including phenoxy) is 1. The maximum absolute atomic E-state index is 13.2. The fraction of sp³-hybridized carbons (Fsp3) is 0.391. The molecule has 1 unspecified atom stereocenters. The minimum atomic E-state index is -4.46. The summed E-state index contributed by atoms with van der Waals surface area (Å²) in [5.74, 6) is 0.0205. The van der Waals surface area contributed by atoms with Gasteiger partial charge in [-0.3, -0.25) is 4.99 Å². The second-order valence-electron chi connectivity index (χ2n) is 8.15. The van der Waals surface area contributed by atoms with Crippen LogP contribution in [-0.4, -0.2) is 70.5 Å². The highest BCUT2D eigenvalue weighted by atomic mass is 32.2. The van der Waals surface area contributed by atoms with Gasteiger partial charge in [-0.05, 0) is 63.0 Å². The summed E-state index contributed by atoms with van der Waals surface area (Å²) < 4.78 is 72.6. The Morgan fingerprint density at radius 2 is 2.03 bits per heavy atom. The van der Waals surface area contributed by atoms with Crippen molar-refractivity contribution in [2.45, 2.75) is 30.0 Å². The first kappa shape index (κ1) is 26.6. The number of likely N-dealkylation sites (N-methyl/N-ethyl adjacent to an activating group) is 1. The highest BCUT2D eigenvalue weighted by molar-refractivity contribution is 7.94. The van der Waals surface area contributed by atoms with E-state index in [0.29, 0.717) is 24.1 Å². The zero-order chi connectivity index (χ0) is 25.6. The fourth-order valence-corrected chi connectivity index (χ4v) is 4.86. The van der Waals surface area contributed by atoms with Gasteiger partial charge in [0.1, 0.15) is 15.8 Å². The lowest BCUT2D eigenvalue weighted by molar-refractivity contribution is -0.153. The average molecular weight is 511 g/mol. The molecule has 1 aromatic heterocycles. The number of hydrogen-bond donors (Lipinski definition) is 1. The van der Waals surface area contributed by atoms with Crippen LogP contribution in [0.3, 0.4) is 0 Å². The number of hydrogen-bond acceptors (Lipinski definition) is 7.